The van der Waals surface area contributed by atoms with Crippen LogP contribution < -0.4 is 5.32 Å². The van der Waals surface area contributed by atoms with Crippen LogP contribution in [-0.4, -0.2) is 5.91 Å². The van der Waals surface area contributed by atoms with Gasteiger partial charge in [-0.3, -0.25) is 4.79 Å². The number of para-hydroxylation sites is 1. The molecule has 2 rings (SSSR count). The van der Waals surface area contributed by atoms with Crippen LogP contribution in [0.25, 0.3) is 0 Å². The molecule has 0 unspecified atom stereocenters. The number of amides is 1. The molecule has 2 heteroatoms. The average molecular weight is 267 g/mol. The fourth-order valence-electron chi connectivity index (χ4n) is 2.20. The molecule has 20 heavy (non-hydrogen) atoms. The summed E-state index contributed by atoms with van der Waals surface area (Å²) in [6.45, 7) is 4.36. The van der Waals surface area contributed by atoms with Crippen molar-refractivity contribution in [2.75, 3.05) is 5.32 Å². The van der Waals surface area contributed by atoms with Crippen molar-refractivity contribution in [3.8, 4) is 0 Å². The van der Waals surface area contributed by atoms with Crippen molar-refractivity contribution in [2.24, 2.45) is 0 Å². The molecule has 0 fully saturated rings. The predicted molar refractivity (Wildman–Crippen MR) is 83.8 cm³/mol. The van der Waals surface area contributed by atoms with Crippen LogP contribution in [-0.2, 0) is 10.2 Å². The normalized spacial score (nSPS) is 11.1. The van der Waals surface area contributed by atoms with Gasteiger partial charge in [0.1, 0.15) is 0 Å². The summed E-state index contributed by atoms with van der Waals surface area (Å²) >= 11 is 0. The highest BCUT2D eigenvalue weighted by molar-refractivity contribution is 5.90. The van der Waals surface area contributed by atoms with Crippen molar-refractivity contribution in [1.82, 2.24) is 0 Å². The third-order valence-electron chi connectivity index (χ3n) is 3.59. The summed E-state index contributed by atoms with van der Waals surface area (Å²) in [6.07, 6.45) is 1.35. The molecule has 0 aliphatic rings. The number of hydrogen-bond donors (Lipinski definition) is 1. The summed E-state index contributed by atoms with van der Waals surface area (Å²) in [4.78, 5) is 12.0. The molecule has 104 valence electrons. The standard InChI is InChI=1S/C18H21NO/c1-18(2,15-9-5-3-6-10-15)14-13-17(20)19-16-11-7-4-8-12-16/h3-12H,13-14H2,1-2H3,(H,19,20). The second-order valence-corrected chi connectivity index (χ2v) is 5.66. The minimum absolute atomic E-state index is 0.00921. The number of carbonyl (C=O) groups excluding carboxylic acids is 1. The number of anilines is 1. The van der Waals surface area contributed by atoms with Crippen LogP contribution in [0.5, 0.6) is 0 Å². The van der Waals surface area contributed by atoms with Crippen LogP contribution in [0.2, 0.25) is 0 Å². The lowest BCUT2D eigenvalue weighted by molar-refractivity contribution is -0.116. The monoisotopic (exact) mass is 267 g/mol. The number of rotatable bonds is 5. The van der Waals surface area contributed by atoms with E-state index in [0.29, 0.717) is 6.42 Å². The molecule has 2 aromatic rings. The van der Waals surface area contributed by atoms with E-state index in [4.69, 9.17) is 0 Å². The maximum atomic E-state index is 12.0. The minimum atomic E-state index is 0.00921. The molecule has 0 aliphatic heterocycles. The van der Waals surface area contributed by atoms with Gasteiger partial charge < -0.3 is 5.32 Å². The minimum Gasteiger partial charge on any atom is -0.326 e. The van der Waals surface area contributed by atoms with E-state index in [1.165, 1.54) is 5.56 Å². The number of carbonyl (C=O) groups is 1. The van der Waals surface area contributed by atoms with E-state index in [9.17, 15) is 4.79 Å². The molecule has 2 nitrogen and oxygen atoms in total. The second-order valence-electron chi connectivity index (χ2n) is 5.66. The smallest absolute Gasteiger partial charge is 0.224 e. The molecule has 0 radical (unpaired) electrons. The Kier molecular flexibility index (Phi) is 4.57. The van der Waals surface area contributed by atoms with Gasteiger partial charge in [0, 0.05) is 12.1 Å². The average Bonchev–Trinajstić information content (AvgIpc) is 2.47. The van der Waals surface area contributed by atoms with Crippen molar-refractivity contribution in [3.63, 3.8) is 0 Å². The Morgan fingerprint density at radius 3 is 2.10 bits per heavy atom. The highest BCUT2D eigenvalue weighted by atomic mass is 16.1. The zero-order valence-electron chi connectivity index (χ0n) is 12.1. The quantitative estimate of drug-likeness (QED) is 0.855. The number of benzene rings is 2. The highest BCUT2D eigenvalue weighted by Gasteiger charge is 2.21. The molecule has 0 aliphatic carbocycles. The van der Waals surface area contributed by atoms with E-state index in [0.717, 1.165) is 12.1 Å². The van der Waals surface area contributed by atoms with Crippen LogP contribution >= 0.6 is 0 Å². The van der Waals surface area contributed by atoms with Crippen LogP contribution in [0.3, 0.4) is 0 Å². The van der Waals surface area contributed by atoms with Gasteiger partial charge in [-0.25, -0.2) is 0 Å². The van der Waals surface area contributed by atoms with Gasteiger partial charge in [-0.2, -0.15) is 0 Å². The third kappa shape index (κ3) is 3.95. The van der Waals surface area contributed by atoms with Crippen molar-refractivity contribution >= 4 is 11.6 Å². The zero-order valence-corrected chi connectivity index (χ0v) is 12.1. The van der Waals surface area contributed by atoms with E-state index < -0.39 is 0 Å². The Hall–Kier alpha value is -2.09. The van der Waals surface area contributed by atoms with E-state index in [2.05, 4.69) is 31.3 Å². The van der Waals surface area contributed by atoms with Gasteiger partial charge in [-0.05, 0) is 29.5 Å². The maximum Gasteiger partial charge on any atom is 0.224 e. The maximum absolute atomic E-state index is 12.0. The van der Waals surface area contributed by atoms with Crippen molar-refractivity contribution in [1.29, 1.82) is 0 Å². The lowest BCUT2D eigenvalue weighted by atomic mass is 9.80. The third-order valence-corrected chi connectivity index (χ3v) is 3.59. The molecule has 1 amide bonds. The van der Waals surface area contributed by atoms with Gasteiger partial charge >= 0.3 is 0 Å². The van der Waals surface area contributed by atoms with Gasteiger partial charge in [0.05, 0.1) is 0 Å². The van der Waals surface area contributed by atoms with E-state index >= 15 is 0 Å². The summed E-state index contributed by atoms with van der Waals surface area (Å²) in [5, 5.41) is 2.93. The van der Waals surface area contributed by atoms with Crippen LogP contribution in [0.15, 0.2) is 60.7 Å². The molecule has 0 saturated carbocycles. The first kappa shape index (κ1) is 14.3. The Balaban J connectivity index is 1.90. The van der Waals surface area contributed by atoms with Crippen molar-refractivity contribution < 1.29 is 4.79 Å². The van der Waals surface area contributed by atoms with E-state index in [1.807, 2.05) is 48.5 Å². The van der Waals surface area contributed by atoms with Gasteiger partial charge in [0.25, 0.3) is 0 Å². The summed E-state index contributed by atoms with van der Waals surface area (Å²) in [7, 11) is 0. The molecule has 0 atom stereocenters. The topological polar surface area (TPSA) is 29.1 Å². The van der Waals surface area contributed by atoms with Gasteiger partial charge in [-0.15, -0.1) is 0 Å². The SMILES string of the molecule is CC(C)(CCC(=O)Nc1ccccc1)c1ccccc1. The summed E-state index contributed by atoms with van der Waals surface area (Å²) in [6, 6.07) is 19.9. The van der Waals surface area contributed by atoms with Gasteiger partial charge in [0.15, 0.2) is 0 Å². The molecular weight excluding hydrogens is 246 g/mol. The Labute approximate surface area is 120 Å². The van der Waals surface area contributed by atoms with Crippen LogP contribution in [0.4, 0.5) is 5.69 Å². The second kappa shape index (κ2) is 6.38. The highest BCUT2D eigenvalue weighted by Crippen LogP contribution is 2.28. The molecule has 0 aromatic heterocycles. The Morgan fingerprint density at radius 1 is 0.950 bits per heavy atom. The molecule has 1 N–H and O–H groups in total. The predicted octanol–water partition coefficient (Wildman–Crippen LogP) is 4.38. The number of hydrogen-bond acceptors (Lipinski definition) is 1. The molecule has 0 bridgehead atoms. The van der Waals surface area contributed by atoms with Gasteiger partial charge in [0.2, 0.25) is 5.91 Å². The summed E-state index contributed by atoms with van der Waals surface area (Å²) < 4.78 is 0. The summed E-state index contributed by atoms with van der Waals surface area (Å²) in [5.74, 6) is 0.0696. The number of nitrogens with one attached hydrogen (secondary N) is 1. The first-order valence-electron chi connectivity index (χ1n) is 6.98. The first-order chi connectivity index (χ1) is 9.58. The lowest BCUT2D eigenvalue weighted by Crippen LogP contribution is -2.21. The molecule has 0 saturated heterocycles. The lowest BCUT2D eigenvalue weighted by Gasteiger charge is -2.25. The Morgan fingerprint density at radius 2 is 1.50 bits per heavy atom. The Bertz CT molecular complexity index is 546. The molecular formula is C18H21NO. The van der Waals surface area contributed by atoms with Crippen molar-refractivity contribution in [2.45, 2.75) is 32.1 Å². The van der Waals surface area contributed by atoms with Crippen LogP contribution in [0.1, 0.15) is 32.3 Å². The zero-order chi connectivity index (χ0) is 14.4. The summed E-state index contributed by atoms with van der Waals surface area (Å²) in [5.41, 5.74) is 2.14. The molecule has 0 heterocycles. The fourth-order valence-corrected chi connectivity index (χ4v) is 2.20. The molecule has 2 aromatic carbocycles. The van der Waals surface area contributed by atoms with Gasteiger partial charge in [-0.1, -0.05) is 62.4 Å². The molecule has 0 spiro atoms. The fraction of sp³-hybridized carbons (Fsp3) is 0.278. The van der Waals surface area contributed by atoms with Crippen LogP contribution in [0, 0.1) is 0 Å². The first-order valence-corrected chi connectivity index (χ1v) is 6.98. The van der Waals surface area contributed by atoms with E-state index in [-0.39, 0.29) is 11.3 Å². The largest absolute Gasteiger partial charge is 0.326 e. The van der Waals surface area contributed by atoms with E-state index in [1.54, 1.807) is 0 Å². The van der Waals surface area contributed by atoms with Crippen molar-refractivity contribution in [3.05, 3.63) is 66.2 Å².